The molecule has 0 spiro atoms. The van der Waals surface area contributed by atoms with Gasteiger partial charge < -0.3 is 14.7 Å². The molecule has 0 amide bonds. The summed E-state index contributed by atoms with van der Waals surface area (Å²) in [6, 6.07) is -0.970. The smallest absolute Gasteiger partial charge is 0.480 e. The molecule has 0 unspecified atom stereocenters. The number of carboxylic acids is 1. The first-order valence-corrected chi connectivity index (χ1v) is 4.10. The van der Waals surface area contributed by atoms with E-state index in [1.807, 2.05) is 5.48 Å². The van der Waals surface area contributed by atoms with Gasteiger partial charge in [-0.15, -0.1) is 5.48 Å². The summed E-state index contributed by atoms with van der Waals surface area (Å²) in [4.78, 5) is 25.5. The maximum absolute atomic E-state index is 10.9. The first-order valence-electron chi connectivity index (χ1n) is 4.10. The van der Waals surface area contributed by atoms with E-state index in [1.165, 1.54) is 6.92 Å². The Labute approximate surface area is 82.1 Å². The molecule has 0 fully saturated rings. The SMILES string of the molecule is C[C@H](NOC(=O)OC(C)(C)C)C(=O)O. The number of aliphatic carboxylic acids is 1. The lowest BCUT2D eigenvalue weighted by atomic mass is 10.2. The standard InChI is InChI=1S/C8H15NO5/c1-5(6(10)11)9-14-7(12)13-8(2,3)4/h5,9H,1-4H3,(H,10,11)/t5-/m0/s1. The fourth-order valence-electron chi connectivity index (χ4n) is 0.458. The molecule has 82 valence electrons. The van der Waals surface area contributed by atoms with Crippen LogP contribution in [0.15, 0.2) is 0 Å². The van der Waals surface area contributed by atoms with Crippen LogP contribution >= 0.6 is 0 Å². The molecule has 0 aliphatic carbocycles. The van der Waals surface area contributed by atoms with Crippen LogP contribution in [0, 0.1) is 0 Å². The van der Waals surface area contributed by atoms with Crippen molar-refractivity contribution in [3.8, 4) is 0 Å². The van der Waals surface area contributed by atoms with Crippen LogP contribution in [0.1, 0.15) is 27.7 Å². The van der Waals surface area contributed by atoms with Crippen molar-refractivity contribution in [3.63, 3.8) is 0 Å². The molecule has 0 aliphatic rings. The predicted octanol–water partition coefficient (Wildman–Crippen LogP) is 0.916. The van der Waals surface area contributed by atoms with E-state index in [4.69, 9.17) is 9.84 Å². The molecule has 0 aliphatic heterocycles. The zero-order valence-corrected chi connectivity index (χ0v) is 8.66. The van der Waals surface area contributed by atoms with E-state index in [2.05, 4.69) is 4.84 Å². The molecule has 0 heterocycles. The molecule has 0 saturated heterocycles. The highest BCUT2D eigenvalue weighted by Crippen LogP contribution is 2.07. The summed E-state index contributed by atoms with van der Waals surface area (Å²) in [7, 11) is 0. The van der Waals surface area contributed by atoms with Crippen LogP contribution in [-0.2, 0) is 14.4 Å². The number of carboxylic acid groups (broad SMARTS) is 1. The van der Waals surface area contributed by atoms with Crippen LogP contribution in [0.2, 0.25) is 0 Å². The number of rotatable bonds is 3. The van der Waals surface area contributed by atoms with Gasteiger partial charge in [-0.05, 0) is 27.7 Å². The quantitative estimate of drug-likeness (QED) is 0.526. The number of carbonyl (C=O) groups excluding carboxylic acids is 1. The second-order valence-corrected chi connectivity index (χ2v) is 3.74. The third-order valence-corrected chi connectivity index (χ3v) is 1.08. The van der Waals surface area contributed by atoms with Crippen LogP contribution in [0.4, 0.5) is 4.79 Å². The molecule has 2 N–H and O–H groups in total. The molecule has 0 saturated carbocycles. The Bertz CT molecular complexity index is 220. The van der Waals surface area contributed by atoms with Crippen LogP contribution in [0.3, 0.4) is 0 Å². The molecule has 0 aromatic carbocycles. The fraction of sp³-hybridized carbons (Fsp3) is 0.750. The van der Waals surface area contributed by atoms with Crippen molar-refractivity contribution in [2.75, 3.05) is 0 Å². The summed E-state index contributed by atoms with van der Waals surface area (Å²) in [6.07, 6.45) is -0.953. The van der Waals surface area contributed by atoms with E-state index >= 15 is 0 Å². The zero-order chi connectivity index (χ0) is 11.4. The lowest BCUT2D eigenvalue weighted by molar-refractivity contribution is -0.142. The highest BCUT2D eigenvalue weighted by Gasteiger charge is 2.19. The highest BCUT2D eigenvalue weighted by atomic mass is 16.8. The Morgan fingerprint density at radius 2 is 1.86 bits per heavy atom. The van der Waals surface area contributed by atoms with Crippen molar-refractivity contribution in [1.82, 2.24) is 5.48 Å². The number of hydrogen-bond donors (Lipinski definition) is 2. The number of hydrogen-bond acceptors (Lipinski definition) is 5. The van der Waals surface area contributed by atoms with Gasteiger partial charge in [-0.3, -0.25) is 4.79 Å². The first-order chi connectivity index (χ1) is 6.22. The monoisotopic (exact) mass is 205 g/mol. The van der Waals surface area contributed by atoms with E-state index in [1.54, 1.807) is 20.8 Å². The average Bonchev–Trinajstić information content (AvgIpc) is 1.96. The van der Waals surface area contributed by atoms with Crippen molar-refractivity contribution < 1.29 is 24.3 Å². The minimum absolute atomic E-state index is 0.661. The van der Waals surface area contributed by atoms with Crippen LogP contribution < -0.4 is 5.48 Å². The molecule has 6 heteroatoms. The van der Waals surface area contributed by atoms with Gasteiger partial charge in [0, 0.05) is 0 Å². The summed E-state index contributed by atoms with van der Waals surface area (Å²) >= 11 is 0. The van der Waals surface area contributed by atoms with Gasteiger partial charge >= 0.3 is 12.1 Å². The topological polar surface area (TPSA) is 84.9 Å². The summed E-state index contributed by atoms with van der Waals surface area (Å²) < 4.78 is 4.75. The molecule has 0 aromatic heterocycles. The number of carbonyl (C=O) groups is 2. The second-order valence-electron chi connectivity index (χ2n) is 3.74. The van der Waals surface area contributed by atoms with E-state index < -0.39 is 23.8 Å². The van der Waals surface area contributed by atoms with Gasteiger partial charge in [-0.25, -0.2) is 4.79 Å². The normalized spacial score (nSPS) is 13.1. The van der Waals surface area contributed by atoms with Crippen LogP contribution in [-0.4, -0.2) is 28.9 Å². The van der Waals surface area contributed by atoms with E-state index in [0.29, 0.717) is 0 Å². The Morgan fingerprint density at radius 3 is 2.21 bits per heavy atom. The van der Waals surface area contributed by atoms with Crippen molar-refractivity contribution in [2.24, 2.45) is 0 Å². The lowest BCUT2D eigenvalue weighted by Gasteiger charge is -2.19. The second kappa shape index (κ2) is 4.80. The van der Waals surface area contributed by atoms with Crippen molar-refractivity contribution in [2.45, 2.75) is 39.3 Å². The molecule has 0 rings (SSSR count). The maximum Gasteiger partial charge on any atom is 0.528 e. The first kappa shape index (κ1) is 12.7. The van der Waals surface area contributed by atoms with E-state index in [-0.39, 0.29) is 0 Å². The number of ether oxygens (including phenoxy) is 1. The summed E-state index contributed by atoms with van der Waals surface area (Å²) in [6.45, 7) is 6.37. The van der Waals surface area contributed by atoms with E-state index in [9.17, 15) is 9.59 Å². The van der Waals surface area contributed by atoms with Crippen molar-refractivity contribution >= 4 is 12.1 Å². The number of nitrogens with one attached hydrogen (secondary N) is 1. The molecule has 0 aromatic rings. The Morgan fingerprint density at radius 1 is 1.36 bits per heavy atom. The highest BCUT2D eigenvalue weighted by molar-refractivity contribution is 5.73. The van der Waals surface area contributed by atoms with Gasteiger partial charge in [0.05, 0.1) is 0 Å². The molecule has 0 bridgehead atoms. The molecule has 14 heavy (non-hydrogen) atoms. The summed E-state index contributed by atoms with van der Waals surface area (Å²) in [5.74, 6) is -1.12. The largest absolute Gasteiger partial charge is 0.528 e. The molecular weight excluding hydrogens is 190 g/mol. The molecule has 1 atom stereocenters. The van der Waals surface area contributed by atoms with Gasteiger partial charge in [0.2, 0.25) is 0 Å². The minimum atomic E-state index is -1.12. The third kappa shape index (κ3) is 6.24. The molecular formula is C8H15NO5. The van der Waals surface area contributed by atoms with Gasteiger partial charge in [0.25, 0.3) is 0 Å². The Balaban J connectivity index is 3.81. The van der Waals surface area contributed by atoms with Crippen molar-refractivity contribution in [3.05, 3.63) is 0 Å². The van der Waals surface area contributed by atoms with Gasteiger partial charge in [0.1, 0.15) is 11.6 Å². The summed E-state index contributed by atoms with van der Waals surface area (Å²) in [5.41, 5.74) is 1.37. The van der Waals surface area contributed by atoms with Crippen LogP contribution in [0.25, 0.3) is 0 Å². The fourth-order valence-corrected chi connectivity index (χ4v) is 0.458. The molecule has 0 radical (unpaired) electrons. The maximum atomic E-state index is 10.9. The molecule has 6 nitrogen and oxygen atoms in total. The minimum Gasteiger partial charge on any atom is -0.480 e. The third-order valence-electron chi connectivity index (χ3n) is 1.08. The number of hydroxylamine groups is 1. The Kier molecular flexibility index (Phi) is 4.36. The van der Waals surface area contributed by atoms with Gasteiger partial charge in [-0.1, -0.05) is 0 Å². The zero-order valence-electron chi connectivity index (χ0n) is 8.66. The Hall–Kier alpha value is -1.30. The van der Waals surface area contributed by atoms with Gasteiger partial charge in [-0.2, -0.15) is 0 Å². The van der Waals surface area contributed by atoms with Crippen molar-refractivity contribution in [1.29, 1.82) is 0 Å². The van der Waals surface area contributed by atoms with E-state index in [0.717, 1.165) is 0 Å². The van der Waals surface area contributed by atoms with Crippen LogP contribution in [0.5, 0.6) is 0 Å². The van der Waals surface area contributed by atoms with Gasteiger partial charge in [0.15, 0.2) is 0 Å². The average molecular weight is 205 g/mol. The predicted molar refractivity (Wildman–Crippen MR) is 47.6 cm³/mol. The summed E-state index contributed by atoms with van der Waals surface area (Å²) in [5, 5.41) is 8.43. The lowest BCUT2D eigenvalue weighted by Crippen LogP contribution is -2.37.